The minimum absolute atomic E-state index is 0.124. The van der Waals surface area contributed by atoms with E-state index in [0.29, 0.717) is 12.1 Å². The SMILES string of the molecule is C=C(C)CC(O)(Cc1cccc(C(F)(F)F)c1)[C@@H](O)[C@@](O)(Cc1cccc(C(F)(F)F)c1)[C@H](O)[C@@H](O)CO. The van der Waals surface area contributed by atoms with Gasteiger partial charge in [-0.1, -0.05) is 42.0 Å². The third-order valence-electron chi connectivity index (χ3n) is 6.16. The molecular weight excluding hydrogens is 522 g/mol. The molecule has 212 valence electrons. The quantitative estimate of drug-likeness (QED) is 0.188. The maximum atomic E-state index is 13.2. The van der Waals surface area contributed by atoms with E-state index in [9.17, 15) is 57.0 Å². The molecular formula is C26H30F6O6. The lowest BCUT2D eigenvalue weighted by atomic mass is 9.71. The Balaban J connectivity index is 2.61. The molecule has 6 nitrogen and oxygen atoms in total. The summed E-state index contributed by atoms with van der Waals surface area (Å²) < 4.78 is 79.3. The van der Waals surface area contributed by atoms with Gasteiger partial charge in [0.15, 0.2) is 0 Å². The number of halogens is 6. The zero-order valence-corrected chi connectivity index (χ0v) is 20.3. The van der Waals surface area contributed by atoms with Crippen LogP contribution >= 0.6 is 0 Å². The number of alkyl halides is 6. The van der Waals surface area contributed by atoms with Crippen molar-refractivity contribution in [2.45, 2.75) is 68.1 Å². The highest BCUT2D eigenvalue weighted by molar-refractivity contribution is 5.30. The standard InChI is InChI=1S/C26H30F6O6/c1-15(2)11-23(37,12-16-5-3-7-18(9-16)25(27,28)29)22(36)24(38,21(35)20(34)14-33)13-17-6-4-8-19(10-17)26(30,31)32/h3-10,20-22,33-38H,1,11-14H2,2H3/t20-,21+,22+,23?,24+/m0/s1. The molecule has 0 saturated carbocycles. The Bertz CT molecular complexity index is 1100. The summed E-state index contributed by atoms with van der Waals surface area (Å²) in [7, 11) is 0. The first-order valence-corrected chi connectivity index (χ1v) is 11.4. The number of hydrogen-bond acceptors (Lipinski definition) is 6. The van der Waals surface area contributed by atoms with Gasteiger partial charge in [0, 0.05) is 12.8 Å². The van der Waals surface area contributed by atoms with Crippen molar-refractivity contribution in [2.75, 3.05) is 6.61 Å². The second-order valence-corrected chi connectivity index (χ2v) is 9.58. The maximum absolute atomic E-state index is 13.2. The smallest absolute Gasteiger partial charge is 0.394 e. The Hall–Kier alpha value is -2.48. The molecule has 6 N–H and O–H groups in total. The van der Waals surface area contributed by atoms with Crippen molar-refractivity contribution in [3.05, 3.63) is 82.9 Å². The van der Waals surface area contributed by atoms with E-state index >= 15 is 0 Å². The topological polar surface area (TPSA) is 121 Å². The van der Waals surface area contributed by atoms with Crippen LogP contribution < -0.4 is 0 Å². The van der Waals surface area contributed by atoms with Gasteiger partial charge >= 0.3 is 12.4 Å². The Morgan fingerprint density at radius 3 is 1.66 bits per heavy atom. The van der Waals surface area contributed by atoms with Crippen LogP contribution in [0.1, 0.15) is 35.6 Å². The monoisotopic (exact) mass is 552 g/mol. The van der Waals surface area contributed by atoms with Crippen LogP contribution in [-0.4, -0.2) is 66.8 Å². The molecule has 12 heteroatoms. The van der Waals surface area contributed by atoms with Gasteiger partial charge in [-0.3, -0.25) is 0 Å². The summed E-state index contributed by atoms with van der Waals surface area (Å²) in [5.41, 5.74) is -7.87. The van der Waals surface area contributed by atoms with Crippen LogP contribution in [0.5, 0.6) is 0 Å². The van der Waals surface area contributed by atoms with Crippen molar-refractivity contribution in [3.8, 4) is 0 Å². The Morgan fingerprint density at radius 1 is 0.816 bits per heavy atom. The highest BCUT2D eigenvalue weighted by atomic mass is 19.4. The van der Waals surface area contributed by atoms with E-state index in [0.717, 1.165) is 30.3 Å². The molecule has 0 radical (unpaired) electrons. The summed E-state index contributed by atoms with van der Waals surface area (Å²) in [6, 6.07) is 7.27. The largest absolute Gasteiger partial charge is 0.416 e. The highest BCUT2D eigenvalue weighted by Crippen LogP contribution is 2.38. The van der Waals surface area contributed by atoms with Gasteiger partial charge in [-0.2, -0.15) is 26.3 Å². The predicted molar refractivity (Wildman–Crippen MR) is 125 cm³/mol. The molecule has 0 aliphatic heterocycles. The lowest BCUT2D eigenvalue weighted by molar-refractivity contribution is -0.228. The third-order valence-corrected chi connectivity index (χ3v) is 6.16. The minimum atomic E-state index is -4.78. The lowest BCUT2D eigenvalue weighted by Gasteiger charge is -2.46. The number of rotatable bonds is 11. The normalized spacial score (nSPS) is 18.2. The van der Waals surface area contributed by atoms with Crippen LogP contribution in [-0.2, 0) is 25.2 Å². The van der Waals surface area contributed by atoms with Crippen LogP contribution in [0.15, 0.2) is 60.7 Å². The summed E-state index contributed by atoms with van der Waals surface area (Å²) in [4.78, 5) is 0. The van der Waals surface area contributed by atoms with E-state index in [2.05, 4.69) is 6.58 Å². The zero-order valence-electron chi connectivity index (χ0n) is 20.3. The van der Waals surface area contributed by atoms with E-state index in [1.165, 1.54) is 13.0 Å². The molecule has 0 aliphatic carbocycles. The fourth-order valence-corrected chi connectivity index (χ4v) is 4.44. The number of aliphatic hydroxyl groups is 6. The van der Waals surface area contributed by atoms with Crippen molar-refractivity contribution >= 4 is 0 Å². The second-order valence-electron chi connectivity index (χ2n) is 9.58. The van der Waals surface area contributed by atoms with Crippen molar-refractivity contribution < 1.29 is 57.0 Å². The predicted octanol–water partition coefficient (Wildman–Crippen LogP) is 3.01. The van der Waals surface area contributed by atoms with Crippen LogP contribution in [0.25, 0.3) is 0 Å². The van der Waals surface area contributed by atoms with Gasteiger partial charge in [0.25, 0.3) is 0 Å². The van der Waals surface area contributed by atoms with E-state index in [1.54, 1.807) is 0 Å². The summed E-state index contributed by atoms with van der Waals surface area (Å²) >= 11 is 0. The fourth-order valence-electron chi connectivity index (χ4n) is 4.44. The number of hydrogen-bond donors (Lipinski definition) is 6. The van der Waals surface area contributed by atoms with Crippen LogP contribution in [0.2, 0.25) is 0 Å². The second kappa shape index (κ2) is 11.7. The first kappa shape index (κ1) is 31.7. The van der Waals surface area contributed by atoms with Gasteiger partial charge < -0.3 is 30.6 Å². The molecule has 1 unspecified atom stereocenters. The van der Waals surface area contributed by atoms with Gasteiger partial charge in [-0.25, -0.2) is 0 Å². The molecule has 0 fully saturated rings. The van der Waals surface area contributed by atoms with Crippen molar-refractivity contribution in [2.24, 2.45) is 0 Å². The molecule has 0 amide bonds. The average Bonchev–Trinajstić information content (AvgIpc) is 2.81. The maximum Gasteiger partial charge on any atom is 0.416 e. The van der Waals surface area contributed by atoms with Crippen LogP contribution in [0.4, 0.5) is 26.3 Å². The summed E-state index contributed by atoms with van der Waals surface area (Å²) in [6.45, 7) is 3.89. The summed E-state index contributed by atoms with van der Waals surface area (Å²) in [5, 5.41) is 64.4. The molecule has 38 heavy (non-hydrogen) atoms. The number of aliphatic hydroxyl groups excluding tert-OH is 4. The van der Waals surface area contributed by atoms with Gasteiger partial charge in [-0.15, -0.1) is 6.58 Å². The summed E-state index contributed by atoms with van der Waals surface area (Å²) in [5.74, 6) is 0. The molecule has 0 saturated heterocycles. The van der Waals surface area contributed by atoms with E-state index in [1.807, 2.05) is 0 Å². The molecule has 0 aliphatic rings. The fraction of sp³-hybridized carbons (Fsp3) is 0.462. The highest BCUT2D eigenvalue weighted by Gasteiger charge is 2.54. The molecule has 2 rings (SSSR count). The molecule has 2 aromatic rings. The summed E-state index contributed by atoms with van der Waals surface area (Å²) in [6.07, 6.45) is -18.7. The average molecular weight is 553 g/mol. The van der Waals surface area contributed by atoms with E-state index in [4.69, 9.17) is 0 Å². The Labute approximate surface area is 215 Å². The van der Waals surface area contributed by atoms with Gasteiger partial charge in [0.2, 0.25) is 0 Å². The van der Waals surface area contributed by atoms with Gasteiger partial charge in [0.1, 0.15) is 29.5 Å². The molecule has 5 atom stereocenters. The van der Waals surface area contributed by atoms with E-state index in [-0.39, 0.29) is 16.7 Å². The van der Waals surface area contributed by atoms with Crippen LogP contribution in [0, 0.1) is 0 Å². The van der Waals surface area contributed by atoms with E-state index < -0.39 is 78.9 Å². The molecule has 2 aromatic carbocycles. The van der Waals surface area contributed by atoms with Crippen molar-refractivity contribution in [1.29, 1.82) is 0 Å². The lowest BCUT2D eigenvalue weighted by Crippen LogP contribution is -2.66. The Kier molecular flexibility index (Phi) is 9.79. The molecule has 0 spiro atoms. The van der Waals surface area contributed by atoms with Gasteiger partial charge in [0.05, 0.1) is 17.7 Å². The number of benzene rings is 2. The molecule has 0 heterocycles. The first-order valence-electron chi connectivity index (χ1n) is 11.4. The van der Waals surface area contributed by atoms with Crippen molar-refractivity contribution in [3.63, 3.8) is 0 Å². The Morgan fingerprint density at radius 2 is 1.26 bits per heavy atom. The van der Waals surface area contributed by atoms with Crippen molar-refractivity contribution in [1.82, 2.24) is 0 Å². The van der Waals surface area contributed by atoms with Crippen LogP contribution in [0.3, 0.4) is 0 Å². The third kappa shape index (κ3) is 7.55. The zero-order chi connectivity index (χ0) is 29.1. The first-order chi connectivity index (χ1) is 17.3. The van der Waals surface area contributed by atoms with Gasteiger partial charge in [-0.05, 0) is 36.6 Å². The minimum Gasteiger partial charge on any atom is -0.394 e. The molecule has 0 aromatic heterocycles. The molecule has 0 bridgehead atoms.